The largest absolute Gasteiger partial charge is 0.330 e. The van der Waals surface area contributed by atoms with Crippen LogP contribution in [0.2, 0.25) is 0 Å². The summed E-state index contributed by atoms with van der Waals surface area (Å²) >= 11 is 0. The van der Waals surface area contributed by atoms with Crippen LogP contribution >= 0.6 is 0 Å². The van der Waals surface area contributed by atoms with Crippen molar-refractivity contribution in [3.8, 4) is 6.07 Å². The van der Waals surface area contributed by atoms with Crippen LogP contribution in [0, 0.1) is 11.3 Å². The predicted molar refractivity (Wildman–Crippen MR) is 48.6 cm³/mol. The summed E-state index contributed by atoms with van der Waals surface area (Å²) in [6.45, 7) is 2.67. The molecule has 0 bridgehead atoms. The van der Waals surface area contributed by atoms with Gasteiger partial charge < -0.3 is 5.73 Å². The molecule has 1 rings (SSSR count). The minimum atomic E-state index is 0.332. The number of nitrogens with zero attached hydrogens (tertiary/aromatic N) is 1. The summed E-state index contributed by atoms with van der Waals surface area (Å²) < 4.78 is 0. The lowest BCUT2D eigenvalue weighted by Crippen LogP contribution is -2.08. The molecule has 0 saturated carbocycles. The van der Waals surface area contributed by atoms with Gasteiger partial charge in [0.05, 0.1) is 11.6 Å². The molecule has 1 aromatic rings. The van der Waals surface area contributed by atoms with Crippen molar-refractivity contribution in [3.05, 3.63) is 35.4 Å². The normalized spacial score (nSPS) is 12.1. The van der Waals surface area contributed by atoms with E-state index in [4.69, 9.17) is 11.0 Å². The SMILES string of the molecule is CC(CN)c1cccc(C#N)c1. The van der Waals surface area contributed by atoms with E-state index in [-0.39, 0.29) is 0 Å². The highest BCUT2D eigenvalue weighted by Gasteiger charge is 2.02. The Hall–Kier alpha value is -1.33. The van der Waals surface area contributed by atoms with Crippen molar-refractivity contribution in [2.45, 2.75) is 12.8 Å². The van der Waals surface area contributed by atoms with Crippen molar-refractivity contribution in [2.75, 3.05) is 6.54 Å². The molecule has 2 N–H and O–H groups in total. The van der Waals surface area contributed by atoms with E-state index < -0.39 is 0 Å². The molecule has 0 saturated heterocycles. The zero-order valence-electron chi connectivity index (χ0n) is 7.12. The van der Waals surface area contributed by atoms with Crippen molar-refractivity contribution in [2.24, 2.45) is 5.73 Å². The van der Waals surface area contributed by atoms with E-state index in [0.29, 0.717) is 18.0 Å². The lowest BCUT2D eigenvalue weighted by Gasteiger charge is -2.07. The molecule has 0 radical (unpaired) electrons. The van der Waals surface area contributed by atoms with Crippen molar-refractivity contribution in [1.29, 1.82) is 5.26 Å². The lowest BCUT2D eigenvalue weighted by molar-refractivity contribution is 0.774. The van der Waals surface area contributed by atoms with Gasteiger partial charge in [-0.2, -0.15) is 5.26 Å². The summed E-state index contributed by atoms with van der Waals surface area (Å²) in [6, 6.07) is 9.68. The molecular formula is C10H12N2. The van der Waals surface area contributed by atoms with Crippen LogP contribution < -0.4 is 5.73 Å². The van der Waals surface area contributed by atoms with E-state index >= 15 is 0 Å². The van der Waals surface area contributed by atoms with Crippen LogP contribution in [0.5, 0.6) is 0 Å². The second kappa shape index (κ2) is 3.89. The number of nitriles is 1. The molecule has 1 atom stereocenters. The van der Waals surface area contributed by atoms with Crippen LogP contribution in [0.15, 0.2) is 24.3 Å². The maximum absolute atomic E-state index is 8.64. The first-order valence-electron chi connectivity index (χ1n) is 3.98. The minimum absolute atomic E-state index is 0.332. The molecule has 0 aromatic heterocycles. The molecule has 0 aliphatic rings. The van der Waals surface area contributed by atoms with Gasteiger partial charge in [-0.05, 0) is 30.2 Å². The third-order valence-corrected chi connectivity index (χ3v) is 1.94. The van der Waals surface area contributed by atoms with Gasteiger partial charge in [0, 0.05) is 0 Å². The Morgan fingerprint density at radius 1 is 1.58 bits per heavy atom. The first-order valence-corrected chi connectivity index (χ1v) is 3.98. The van der Waals surface area contributed by atoms with E-state index in [0.717, 1.165) is 5.56 Å². The fraction of sp³-hybridized carbons (Fsp3) is 0.300. The van der Waals surface area contributed by atoms with Gasteiger partial charge in [-0.25, -0.2) is 0 Å². The first-order chi connectivity index (χ1) is 5.77. The van der Waals surface area contributed by atoms with Gasteiger partial charge in [0.2, 0.25) is 0 Å². The molecule has 0 fully saturated rings. The molecule has 2 nitrogen and oxygen atoms in total. The van der Waals surface area contributed by atoms with Gasteiger partial charge in [-0.3, -0.25) is 0 Å². The summed E-state index contributed by atoms with van der Waals surface area (Å²) in [7, 11) is 0. The van der Waals surface area contributed by atoms with E-state index in [1.807, 2.05) is 18.2 Å². The molecular weight excluding hydrogens is 148 g/mol. The Bertz CT molecular complexity index is 299. The first kappa shape index (κ1) is 8.76. The second-order valence-corrected chi connectivity index (χ2v) is 2.87. The molecule has 0 aliphatic heterocycles. The van der Waals surface area contributed by atoms with Crippen LogP contribution in [0.25, 0.3) is 0 Å². The van der Waals surface area contributed by atoms with Crippen LogP contribution in [-0.2, 0) is 0 Å². The Labute approximate surface area is 72.6 Å². The molecule has 0 aliphatic carbocycles. The molecule has 0 amide bonds. The number of hydrogen-bond acceptors (Lipinski definition) is 2. The monoisotopic (exact) mass is 160 g/mol. The van der Waals surface area contributed by atoms with Crippen LogP contribution in [0.3, 0.4) is 0 Å². The van der Waals surface area contributed by atoms with Gasteiger partial charge in [0.25, 0.3) is 0 Å². The summed E-state index contributed by atoms with van der Waals surface area (Å²) in [5.74, 6) is 0.332. The number of nitrogens with two attached hydrogens (primary N) is 1. The number of benzene rings is 1. The topological polar surface area (TPSA) is 49.8 Å². The Morgan fingerprint density at radius 3 is 2.92 bits per heavy atom. The van der Waals surface area contributed by atoms with Crippen LogP contribution in [0.1, 0.15) is 24.0 Å². The van der Waals surface area contributed by atoms with Crippen molar-refractivity contribution in [3.63, 3.8) is 0 Å². The zero-order valence-corrected chi connectivity index (χ0v) is 7.12. The summed E-state index contributed by atoms with van der Waals surface area (Å²) in [5.41, 5.74) is 7.35. The van der Waals surface area contributed by atoms with Gasteiger partial charge in [-0.15, -0.1) is 0 Å². The Balaban J connectivity index is 2.95. The molecule has 12 heavy (non-hydrogen) atoms. The molecule has 1 unspecified atom stereocenters. The molecule has 62 valence electrons. The van der Waals surface area contributed by atoms with E-state index in [2.05, 4.69) is 13.0 Å². The Kier molecular flexibility index (Phi) is 2.84. The van der Waals surface area contributed by atoms with Crippen molar-refractivity contribution < 1.29 is 0 Å². The highest BCUT2D eigenvalue weighted by Crippen LogP contribution is 2.14. The summed E-state index contributed by atoms with van der Waals surface area (Å²) in [4.78, 5) is 0. The maximum Gasteiger partial charge on any atom is 0.0991 e. The fourth-order valence-corrected chi connectivity index (χ4v) is 1.05. The van der Waals surface area contributed by atoms with E-state index in [9.17, 15) is 0 Å². The highest BCUT2D eigenvalue weighted by atomic mass is 14.5. The standard InChI is InChI=1S/C10H12N2/c1-8(6-11)10-4-2-3-9(5-10)7-12/h2-5,8H,6,11H2,1H3. The van der Waals surface area contributed by atoms with Gasteiger partial charge in [0.15, 0.2) is 0 Å². The zero-order chi connectivity index (χ0) is 8.97. The molecule has 0 heterocycles. The third-order valence-electron chi connectivity index (χ3n) is 1.94. The summed E-state index contributed by atoms with van der Waals surface area (Å²) in [6.07, 6.45) is 0. The molecule has 2 heteroatoms. The maximum atomic E-state index is 8.64. The Morgan fingerprint density at radius 2 is 2.33 bits per heavy atom. The third kappa shape index (κ3) is 1.84. The van der Waals surface area contributed by atoms with Crippen molar-refractivity contribution >= 4 is 0 Å². The van der Waals surface area contributed by atoms with Crippen LogP contribution in [0.4, 0.5) is 0 Å². The number of hydrogen-bond donors (Lipinski definition) is 1. The van der Waals surface area contributed by atoms with Crippen molar-refractivity contribution in [1.82, 2.24) is 0 Å². The molecule has 1 aromatic carbocycles. The fourth-order valence-electron chi connectivity index (χ4n) is 1.05. The highest BCUT2D eigenvalue weighted by molar-refractivity contribution is 5.34. The van der Waals surface area contributed by atoms with Gasteiger partial charge in [0.1, 0.15) is 0 Å². The molecule has 0 spiro atoms. The predicted octanol–water partition coefficient (Wildman–Crippen LogP) is 1.62. The quantitative estimate of drug-likeness (QED) is 0.714. The van der Waals surface area contributed by atoms with E-state index in [1.54, 1.807) is 6.07 Å². The number of rotatable bonds is 2. The van der Waals surface area contributed by atoms with Crippen LogP contribution in [-0.4, -0.2) is 6.54 Å². The smallest absolute Gasteiger partial charge is 0.0991 e. The average Bonchev–Trinajstić information content (AvgIpc) is 2.17. The second-order valence-electron chi connectivity index (χ2n) is 2.87. The summed E-state index contributed by atoms with van der Waals surface area (Å²) in [5, 5.41) is 8.64. The lowest BCUT2D eigenvalue weighted by atomic mass is 10.00. The minimum Gasteiger partial charge on any atom is -0.330 e. The van der Waals surface area contributed by atoms with E-state index in [1.165, 1.54) is 0 Å². The van der Waals surface area contributed by atoms with Gasteiger partial charge in [-0.1, -0.05) is 19.1 Å². The average molecular weight is 160 g/mol. The van der Waals surface area contributed by atoms with Gasteiger partial charge >= 0.3 is 0 Å².